The number of amides is 1. The zero-order chi connectivity index (χ0) is 18.8. The quantitative estimate of drug-likeness (QED) is 0.838. The molecule has 7 nitrogen and oxygen atoms in total. The summed E-state index contributed by atoms with van der Waals surface area (Å²) in [5.41, 5.74) is 0.105. The number of nitrogens with zero attached hydrogens (tertiary/aromatic N) is 4. The Hall–Kier alpha value is -2.70. The molecule has 0 aliphatic heterocycles. The minimum Gasteiger partial charge on any atom is -0.337 e. The van der Waals surface area contributed by atoms with Crippen molar-refractivity contribution in [3.63, 3.8) is 0 Å². The van der Waals surface area contributed by atoms with Crippen molar-refractivity contribution >= 4 is 5.91 Å². The summed E-state index contributed by atoms with van der Waals surface area (Å²) < 4.78 is 2.05. The average molecular weight is 356 g/mol. The molecular weight excluding hydrogens is 332 g/mol. The molecule has 1 amide bonds. The second-order valence-corrected chi connectivity index (χ2v) is 6.95. The van der Waals surface area contributed by atoms with Gasteiger partial charge >= 0.3 is 5.69 Å². The molecular formula is C19H24N4O3. The first-order valence-electron chi connectivity index (χ1n) is 8.94. The lowest BCUT2D eigenvalue weighted by atomic mass is 9.94. The Kier molecular flexibility index (Phi) is 5.06. The molecule has 1 saturated carbocycles. The second kappa shape index (κ2) is 7.27. The van der Waals surface area contributed by atoms with Crippen LogP contribution in [0.3, 0.4) is 0 Å². The lowest BCUT2D eigenvalue weighted by molar-refractivity contribution is 0.0685. The minimum absolute atomic E-state index is 0.113. The van der Waals surface area contributed by atoms with Crippen molar-refractivity contribution in [2.75, 3.05) is 7.05 Å². The molecule has 1 aliphatic rings. The summed E-state index contributed by atoms with van der Waals surface area (Å²) in [6.45, 7) is 1.94. The van der Waals surface area contributed by atoms with Crippen molar-refractivity contribution < 1.29 is 4.79 Å². The highest BCUT2D eigenvalue weighted by Gasteiger charge is 2.27. The fraction of sp³-hybridized carbons (Fsp3) is 0.474. The number of hydrogen-bond donors (Lipinski definition) is 0. The number of benzene rings is 1. The average Bonchev–Trinajstić information content (AvgIpc) is 2.67. The van der Waals surface area contributed by atoms with E-state index >= 15 is 0 Å². The van der Waals surface area contributed by atoms with Gasteiger partial charge in [-0.1, -0.05) is 37.0 Å². The van der Waals surface area contributed by atoms with Crippen molar-refractivity contribution in [1.29, 1.82) is 0 Å². The van der Waals surface area contributed by atoms with Crippen molar-refractivity contribution in [1.82, 2.24) is 19.2 Å². The molecule has 0 radical (unpaired) electrons. The summed E-state index contributed by atoms with van der Waals surface area (Å²) in [5, 5.41) is 4.13. The minimum atomic E-state index is -0.661. The summed E-state index contributed by atoms with van der Waals surface area (Å²) in [6.07, 6.45) is 5.20. The van der Waals surface area contributed by atoms with E-state index in [9.17, 15) is 14.4 Å². The molecule has 1 aromatic carbocycles. The van der Waals surface area contributed by atoms with Gasteiger partial charge in [-0.05, 0) is 31.9 Å². The van der Waals surface area contributed by atoms with Gasteiger partial charge in [-0.2, -0.15) is 9.78 Å². The summed E-state index contributed by atoms with van der Waals surface area (Å²) in [5.74, 6) is -0.432. The van der Waals surface area contributed by atoms with E-state index in [1.807, 2.05) is 19.1 Å². The first-order valence-corrected chi connectivity index (χ1v) is 8.94. The number of carbonyl (C=O) groups is 1. The Morgan fingerprint density at radius 3 is 2.35 bits per heavy atom. The van der Waals surface area contributed by atoms with Crippen LogP contribution in [0.2, 0.25) is 0 Å². The second-order valence-electron chi connectivity index (χ2n) is 6.95. The molecule has 0 atom stereocenters. The highest BCUT2D eigenvalue weighted by atomic mass is 16.2. The highest BCUT2D eigenvalue weighted by Crippen LogP contribution is 2.22. The van der Waals surface area contributed by atoms with Crippen molar-refractivity contribution in [3.8, 4) is 5.69 Å². The fourth-order valence-electron chi connectivity index (χ4n) is 3.36. The fourth-order valence-corrected chi connectivity index (χ4v) is 3.36. The summed E-state index contributed by atoms with van der Waals surface area (Å²) in [6, 6.07) is 7.30. The molecule has 0 saturated heterocycles. The maximum absolute atomic E-state index is 12.9. The van der Waals surface area contributed by atoms with Crippen LogP contribution in [0.5, 0.6) is 0 Å². The maximum atomic E-state index is 12.9. The summed E-state index contributed by atoms with van der Waals surface area (Å²) in [7, 11) is 3.08. The van der Waals surface area contributed by atoms with Crippen LogP contribution in [0.1, 0.15) is 48.2 Å². The summed E-state index contributed by atoms with van der Waals surface area (Å²) in [4.78, 5) is 39.5. The van der Waals surface area contributed by atoms with Gasteiger partial charge in [0.25, 0.3) is 11.5 Å². The van der Waals surface area contributed by atoms with Gasteiger partial charge in [0.15, 0.2) is 0 Å². The molecule has 0 unspecified atom stereocenters. The molecule has 0 N–H and O–H groups in total. The Balaban J connectivity index is 2.04. The van der Waals surface area contributed by atoms with E-state index < -0.39 is 17.2 Å². The Bertz CT molecular complexity index is 921. The van der Waals surface area contributed by atoms with E-state index in [4.69, 9.17) is 0 Å². The van der Waals surface area contributed by atoms with Crippen molar-refractivity contribution in [2.24, 2.45) is 7.05 Å². The Labute approximate surface area is 151 Å². The third kappa shape index (κ3) is 3.34. The molecule has 1 fully saturated rings. The van der Waals surface area contributed by atoms with Gasteiger partial charge in [0.1, 0.15) is 0 Å². The lowest BCUT2D eigenvalue weighted by Crippen LogP contribution is -2.47. The molecule has 1 heterocycles. The Morgan fingerprint density at radius 1 is 1.12 bits per heavy atom. The third-order valence-electron chi connectivity index (χ3n) is 5.10. The first-order chi connectivity index (χ1) is 12.4. The first kappa shape index (κ1) is 18.1. The van der Waals surface area contributed by atoms with E-state index in [2.05, 4.69) is 5.10 Å². The van der Waals surface area contributed by atoms with E-state index in [1.54, 1.807) is 24.1 Å². The lowest BCUT2D eigenvalue weighted by Gasteiger charge is -2.30. The van der Waals surface area contributed by atoms with Gasteiger partial charge in [0.2, 0.25) is 5.69 Å². The van der Waals surface area contributed by atoms with Gasteiger partial charge in [0.05, 0.1) is 5.69 Å². The molecule has 0 spiro atoms. The Morgan fingerprint density at radius 2 is 1.73 bits per heavy atom. The SMILES string of the molecule is Cc1ccc(-n2nc(C(=O)N(C)C3CCCCC3)c(=O)n(C)c2=O)cc1. The van der Waals surface area contributed by atoms with Crippen LogP contribution in [-0.2, 0) is 7.05 Å². The van der Waals surface area contributed by atoms with Crippen LogP contribution >= 0.6 is 0 Å². The highest BCUT2D eigenvalue weighted by molar-refractivity contribution is 5.91. The molecule has 26 heavy (non-hydrogen) atoms. The van der Waals surface area contributed by atoms with Crippen LogP contribution in [0.4, 0.5) is 0 Å². The number of aryl methyl sites for hydroxylation is 1. The predicted molar refractivity (Wildman–Crippen MR) is 98.8 cm³/mol. The third-order valence-corrected chi connectivity index (χ3v) is 5.10. The molecule has 1 aliphatic carbocycles. The summed E-state index contributed by atoms with van der Waals surface area (Å²) >= 11 is 0. The largest absolute Gasteiger partial charge is 0.351 e. The van der Waals surface area contributed by atoms with Gasteiger partial charge in [-0.15, -0.1) is 0 Å². The molecule has 2 aromatic rings. The molecule has 7 heteroatoms. The van der Waals surface area contributed by atoms with E-state index in [0.29, 0.717) is 5.69 Å². The van der Waals surface area contributed by atoms with Crippen molar-refractivity contribution in [3.05, 3.63) is 56.4 Å². The zero-order valence-electron chi connectivity index (χ0n) is 15.4. The number of rotatable bonds is 3. The van der Waals surface area contributed by atoms with Crippen molar-refractivity contribution in [2.45, 2.75) is 45.1 Å². The van der Waals surface area contributed by atoms with Gasteiger partial charge in [0, 0.05) is 20.1 Å². The van der Waals surface area contributed by atoms with E-state index in [-0.39, 0.29) is 11.7 Å². The smallest absolute Gasteiger partial charge is 0.337 e. The standard InChI is InChI=1S/C19H24N4O3/c1-13-9-11-15(12-10-13)23-19(26)22(3)18(25)16(20-23)17(24)21(2)14-7-5-4-6-8-14/h9-12,14H,4-8H2,1-3H3. The van der Waals surface area contributed by atoms with Crippen LogP contribution in [0, 0.1) is 6.92 Å². The molecule has 1 aromatic heterocycles. The number of aromatic nitrogens is 3. The van der Waals surface area contributed by atoms with Crippen LogP contribution in [-0.4, -0.2) is 38.2 Å². The predicted octanol–water partition coefficient (Wildman–Crippen LogP) is 1.64. The monoisotopic (exact) mass is 356 g/mol. The maximum Gasteiger partial charge on any atom is 0.351 e. The number of carbonyl (C=O) groups excluding carboxylic acids is 1. The normalized spacial score (nSPS) is 15.0. The van der Waals surface area contributed by atoms with E-state index in [0.717, 1.165) is 40.5 Å². The van der Waals surface area contributed by atoms with E-state index in [1.165, 1.54) is 13.5 Å². The van der Waals surface area contributed by atoms with Gasteiger partial charge in [-0.3, -0.25) is 14.2 Å². The van der Waals surface area contributed by atoms with Crippen LogP contribution < -0.4 is 11.2 Å². The molecule has 0 bridgehead atoms. The van der Waals surface area contributed by atoms with Gasteiger partial charge < -0.3 is 4.90 Å². The zero-order valence-corrected chi connectivity index (χ0v) is 15.4. The topological polar surface area (TPSA) is 77.2 Å². The van der Waals surface area contributed by atoms with Crippen LogP contribution in [0.25, 0.3) is 5.69 Å². The van der Waals surface area contributed by atoms with Gasteiger partial charge in [-0.25, -0.2) is 4.79 Å². The van der Waals surface area contributed by atoms with Crippen LogP contribution in [0.15, 0.2) is 33.9 Å². The molecule has 3 rings (SSSR count). The number of hydrogen-bond acceptors (Lipinski definition) is 4. The molecule has 138 valence electrons.